The summed E-state index contributed by atoms with van der Waals surface area (Å²) in [6, 6.07) is 15.3. The van der Waals surface area contributed by atoms with Crippen LogP contribution in [0.2, 0.25) is 0 Å². The van der Waals surface area contributed by atoms with Crippen molar-refractivity contribution in [3.8, 4) is 22.6 Å². The van der Waals surface area contributed by atoms with Crippen LogP contribution in [0.5, 0.6) is 11.5 Å². The van der Waals surface area contributed by atoms with E-state index in [2.05, 4.69) is 36.4 Å². The monoisotopic (exact) mass is 516 g/mol. The van der Waals surface area contributed by atoms with Crippen LogP contribution < -0.4 is 14.8 Å². The summed E-state index contributed by atoms with van der Waals surface area (Å²) in [7, 11) is 3.36. The van der Waals surface area contributed by atoms with Gasteiger partial charge in [-0.05, 0) is 60.0 Å². The van der Waals surface area contributed by atoms with Gasteiger partial charge >= 0.3 is 0 Å². The molecule has 0 N–H and O–H groups in total. The molecular formula is C26H35O2PPd. The summed E-state index contributed by atoms with van der Waals surface area (Å²) >= 11 is 0. The molecule has 0 aliphatic heterocycles. The average Bonchev–Trinajstić information content (AvgIpc) is 2.80. The van der Waals surface area contributed by atoms with Crippen molar-refractivity contribution >= 4 is 13.2 Å². The van der Waals surface area contributed by atoms with Crippen LogP contribution in [-0.4, -0.2) is 25.5 Å². The molecule has 2 aliphatic rings. The van der Waals surface area contributed by atoms with Gasteiger partial charge in [-0.25, -0.2) is 0 Å². The third-order valence-electron chi connectivity index (χ3n) is 6.82. The van der Waals surface area contributed by atoms with E-state index >= 15 is 0 Å². The molecule has 30 heavy (non-hydrogen) atoms. The predicted molar refractivity (Wildman–Crippen MR) is 125 cm³/mol. The van der Waals surface area contributed by atoms with E-state index in [9.17, 15) is 0 Å². The number of hydrogen-bond donors (Lipinski definition) is 0. The molecule has 0 radical (unpaired) electrons. The first-order valence-corrected chi connectivity index (χ1v) is 12.9. The maximum absolute atomic E-state index is 5.80. The van der Waals surface area contributed by atoms with E-state index < -0.39 is 0 Å². The molecule has 166 valence electrons. The summed E-state index contributed by atoms with van der Waals surface area (Å²) in [6.45, 7) is 0. The Labute approximate surface area is 197 Å². The standard InChI is InChI=1S/C26H35O2P.Pd/c1-27-23-17-11-18-24(28-2)26(23)22-16-9-10-19-25(22)29(20-12-5-3-6-13-20)21-14-7-4-8-15-21;/h9-11,16-21H,3-8,12-15H2,1-2H3;. The Morgan fingerprint density at radius 1 is 0.667 bits per heavy atom. The fourth-order valence-corrected chi connectivity index (χ4v) is 9.39. The Kier molecular flexibility index (Phi) is 9.25. The first-order valence-electron chi connectivity index (χ1n) is 11.4. The van der Waals surface area contributed by atoms with Crippen molar-refractivity contribution in [2.75, 3.05) is 14.2 Å². The Hall–Kier alpha value is -0.868. The maximum Gasteiger partial charge on any atom is 0.130 e. The van der Waals surface area contributed by atoms with Crippen molar-refractivity contribution < 1.29 is 29.9 Å². The maximum atomic E-state index is 5.80. The summed E-state index contributed by atoms with van der Waals surface area (Å²) in [5.41, 5.74) is 4.23. The summed E-state index contributed by atoms with van der Waals surface area (Å²) in [4.78, 5) is 0. The molecule has 0 unspecified atom stereocenters. The zero-order chi connectivity index (χ0) is 20.1. The minimum absolute atomic E-state index is 0. The van der Waals surface area contributed by atoms with Gasteiger partial charge in [0.15, 0.2) is 0 Å². The third kappa shape index (κ3) is 5.12. The van der Waals surface area contributed by atoms with E-state index in [4.69, 9.17) is 9.47 Å². The molecule has 4 rings (SSSR count). The van der Waals surface area contributed by atoms with Crippen molar-refractivity contribution in [3.05, 3.63) is 42.5 Å². The number of ether oxygens (including phenoxy) is 2. The molecule has 2 aliphatic carbocycles. The number of benzene rings is 2. The van der Waals surface area contributed by atoms with Crippen molar-refractivity contribution in [3.63, 3.8) is 0 Å². The molecule has 0 atom stereocenters. The minimum Gasteiger partial charge on any atom is -0.496 e. The van der Waals surface area contributed by atoms with E-state index in [1.54, 1.807) is 19.5 Å². The van der Waals surface area contributed by atoms with Crippen LogP contribution in [0.4, 0.5) is 0 Å². The topological polar surface area (TPSA) is 18.5 Å². The number of hydrogen-bond acceptors (Lipinski definition) is 2. The fraction of sp³-hybridized carbons (Fsp3) is 0.538. The number of rotatable bonds is 6. The van der Waals surface area contributed by atoms with Gasteiger partial charge < -0.3 is 9.47 Å². The molecule has 0 heterocycles. The van der Waals surface area contributed by atoms with Crippen LogP contribution in [0.25, 0.3) is 11.1 Å². The van der Waals surface area contributed by atoms with Gasteiger partial charge in [-0.1, -0.05) is 76.8 Å². The van der Waals surface area contributed by atoms with Gasteiger partial charge in [0.25, 0.3) is 0 Å². The molecule has 0 aromatic heterocycles. The Bertz CT molecular complexity index is 757. The van der Waals surface area contributed by atoms with E-state index in [1.807, 2.05) is 6.07 Å². The van der Waals surface area contributed by atoms with Crippen molar-refractivity contribution in [2.45, 2.75) is 75.5 Å². The van der Waals surface area contributed by atoms with Crippen LogP contribution in [0.3, 0.4) is 0 Å². The molecule has 0 bridgehead atoms. The van der Waals surface area contributed by atoms with Crippen molar-refractivity contribution in [1.29, 1.82) is 0 Å². The Balaban J connectivity index is 0.00000256. The summed E-state index contributed by atoms with van der Waals surface area (Å²) in [6.07, 6.45) is 14.2. The first-order chi connectivity index (χ1) is 14.3. The molecule has 2 aromatic carbocycles. The molecule has 0 amide bonds. The van der Waals surface area contributed by atoms with Gasteiger partial charge in [0.2, 0.25) is 0 Å². The zero-order valence-corrected chi connectivity index (χ0v) is 20.8. The molecule has 2 nitrogen and oxygen atoms in total. The SMILES string of the molecule is COc1cccc(OC)c1-c1ccccc1P(C1CCCCC1)C1CCCCC1.[Pd]. The summed E-state index contributed by atoms with van der Waals surface area (Å²) in [5, 5.41) is 1.59. The average molecular weight is 517 g/mol. The van der Waals surface area contributed by atoms with E-state index in [1.165, 1.54) is 69.8 Å². The summed E-state index contributed by atoms with van der Waals surface area (Å²) < 4.78 is 11.6. The molecule has 0 saturated heterocycles. The molecule has 4 heteroatoms. The van der Waals surface area contributed by atoms with E-state index in [0.717, 1.165) is 28.4 Å². The van der Waals surface area contributed by atoms with Crippen LogP contribution in [0.15, 0.2) is 42.5 Å². The van der Waals surface area contributed by atoms with Gasteiger partial charge in [-0.2, -0.15) is 0 Å². The predicted octanol–water partition coefficient (Wildman–Crippen LogP) is 7.14. The van der Waals surface area contributed by atoms with Gasteiger partial charge in [-0.3, -0.25) is 0 Å². The second-order valence-corrected chi connectivity index (χ2v) is 11.3. The van der Waals surface area contributed by atoms with Crippen molar-refractivity contribution in [1.82, 2.24) is 0 Å². The second-order valence-electron chi connectivity index (χ2n) is 8.55. The minimum atomic E-state index is -0.182. The van der Waals surface area contributed by atoms with Gasteiger partial charge in [-0.15, -0.1) is 0 Å². The summed E-state index contributed by atoms with van der Waals surface area (Å²) in [5.74, 6) is 1.83. The molecule has 2 saturated carbocycles. The van der Waals surface area contributed by atoms with E-state index in [-0.39, 0.29) is 28.3 Å². The molecule has 2 aromatic rings. The number of methoxy groups -OCH3 is 2. The van der Waals surface area contributed by atoms with Gasteiger partial charge in [0.1, 0.15) is 11.5 Å². The second kappa shape index (κ2) is 11.7. The fourth-order valence-electron chi connectivity index (χ4n) is 5.44. The first kappa shape index (κ1) is 23.8. The van der Waals surface area contributed by atoms with Crippen molar-refractivity contribution in [2.24, 2.45) is 0 Å². The largest absolute Gasteiger partial charge is 0.496 e. The molecule has 2 fully saturated rings. The zero-order valence-electron chi connectivity index (χ0n) is 18.3. The van der Waals surface area contributed by atoms with Gasteiger partial charge in [0, 0.05) is 20.4 Å². The van der Waals surface area contributed by atoms with Crippen LogP contribution in [0.1, 0.15) is 64.2 Å². The Morgan fingerprint density at radius 2 is 1.17 bits per heavy atom. The van der Waals surface area contributed by atoms with Crippen LogP contribution in [0, 0.1) is 0 Å². The van der Waals surface area contributed by atoms with Gasteiger partial charge in [0.05, 0.1) is 19.8 Å². The normalized spacial score (nSPS) is 18.1. The van der Waals surface area contributed by atoms with Crippen LogP contribution >= 0.6 is 7.92 Å². The molecule has 0 spiro atoms. The smallest absolute Gasteiger partial charge is 0.130 e. The Morgan fingerprint density at radius 3 is 1.67 bits per heavy atom. The third-order valence-corrected chi connectivity index (χ3v) is 10.4. The van der Waals surface area contributed by atoms with E-state index in [0.29, 0.717) is 0 Å². The van der Waals surface area contributed by atoms with Crippen LogP contribution in [-0.2, 0) is 20.4 Å². The molecular weight excluding hydrogens is 482 g/mol. The quantitative estimate of drug-likeness (QED) is 0.300.